The van der Waals surface area contributed by atoms with Gasteiger partial charge in [-0.2, -0.15) is 0 Å². The molecule has 154 valence electrons. The van der Waals surface area contributed by atoms with Crippen LogP contribution in [0.25, 0.3) is 0 Å². The third kappa shape index (κ3) is 5.04. The molecule has 2 saturated carbocycles. The van der Waals surface area contributed by atoms with Gasteiger partial charge in [0.05, 0.1) is 17.9 Å². The highest BCUT2D eigenvalue weighted by molar-refractivity contribution is 8.00. The predicted octanol–water partition coefficient (Wildman–Crippen LogP) is 4.71. The van der Waals surface area contributed by atoms with Crippen molar-refractivity contribution in [2.75, 3.05) is 5.75 Å². The lowest BCUT2D eigenvalue weighted by molar-refractivity contribution is -0.119. The maximum Gasteiger partial charge on any atom is 0.252 e. The Balaban J connectivity index is 1.29. The van der Waals surface area contributed by atoms with Gasteiger partial charge in [-0.25, -0.2) is 0 Å². The van der Waals surface area contributed by atoms with Crippen molar-refractivity contribution in [3.8, 4) is 0 Å². The van der Waals surface area contributed by atoms with E-state index in [4.69, 9.17) is 0 Å². The Morgan fingerprint density at radius 1 is 1.17 bits per heavy atom. The Bertz CT molecular complexity index is 852. The molecule has 2 N–H and O–H groups in total. The van der Waals surface area contributed by atoms with Crippen molar-refractivity contribution < 1.29 is 9.59 Å². The van der Waals surface area contributed by atoms with Crippen molar-refractivity contribution in [1.82, 2.24) is 10.6 Å². The minimum absolute atomic E-state index is 0.0547. The zero-order valence-electron chi connectivity index (χ0n) is 16.7. The largest absolute Gasteiger partial charge is 0.353 e. The van der Waals surface area contributed by atoms with Gasteiger partial charge in [0, 0.05) is 15.8 Å². The number of rotatable bonds is 8. The fraction of sp³-hybridized carbons (Fsp3) is 0.478. The second-order valence-electron chi connectivity index (χ2n) is 8.24. The molecule has 2 bridgehead atoms. The molecule has 1 aromatic heterocycles. The fourth-order valence-corrected chi connectivity index (χ4v) is 6.41. The number of hydrogen-bond acceptors (Lipinski definition) is 4. The summed E-state index contributed by atoms with van der Waals surface area (Å²) in [4.78, 5) is 27.1. The van der Waals surface area contributed by atoms with Crippen molar-refractivity contribution in [2.24, 2.45) is 17.8 Å². The van der Waals surface area contributed by atoms with Crippen molar-refractivity contribution in [3.63, 3.8) is 0 Å². The molecule has 0 aliphatic heterocycles. The molecule has 29 heavy (non-hydrogen) atoms. The van der Waals surface area contributed by atoms with Crippen LogP contribution in [0.5, 0.6) is 0 Å². The standard InChI is InChI=1S/C23H28N2O2S2/c1-15(20-12-16-8-9-17(20)11-16)25-22(26)14-29-21-7-3-2-6-19(21)23(27)24-13-18-5-4-10-28-18/h2-7,10,15-17,20H,8-9,11-14H2,1H3,(H,24,27)(H,25,26)/t15-,16+,17+,20-/m1/s1. The lowest BCUT2D eigenvalue weighted by Crippen LogP contribution is -2.40. The monoisotopic (exact) mass is 428 g/mol. The Labute approximate surface area is 180 Å². The van der Waals surface area contributed by atoms with Gasteiger partial charge in [-0.3, -0.25) is 9.59 Å². The van der Waals surface area contributed by atoms with Crippen LogP contribution in [0, 0.1) is 17.8 Å². The van der Waals surface area contributed by atoms with Gasteiger partial charge in [0.25, 0.3) is 5.91 Å². The number of carbonyl (C=O) groups is 2. The number of amides is 2. The third-order valence-electron chi connectivity index (χ3n) is 6.32. The first-order valence-electron chi connectivity index (χ1n) is 10.4. The normalized spacial score (nSPS) is 23.7. The topological polar surface area (TPSA) is 58.2 Å². The summed E-state index contributed by atoms with van der Waals surface area (Å²) < 4.78 is 0. The molecule has 4 rings (SSSR count). The van der Waals surface area contributed by atoms with Crippen LogP contribution in [0.4, 0.5) is 0 Å². The molecule has 6 heteroatoms. The molecule has 2 aromatic rings. The van der Waals surface area contributed by atoms with Gasteiger partial charge >= 0.3 is 0 Å². The first-order valence-corrected chi connectivity index (χ1v) is 12.3. The Hall–Kier alpha value is -1.79. The zero-order valence-corrected chi connectivity index (χ0v) is 18.4. The summed E-state index contributed by atoms with van der Waals surface area (Å²) in [5.41, 5.74) is 0.628. The van der Waals surface area contributed by atoms with Crippen LogP contribution in [0.3, 0.4) is 0 Å². The molecule has 0 saturated heterocycles. The molecular formula is C23H28N2O2S2. The molecule has 1 aromatic carbocycles. The maximum atomic E-state index is 12.6. The smallest absolute Gasteiger partial charge is 0.252 e. The molecule has 0 spiro atoms. The van der Waals surface area contributed by atoms with Crippen LogP contribution in [-0.4, -0.2) is 23.6 Å². The van der Waals surface area contributed by atoms with E-state index in [-0.39, 0.29) is 17.9 Å². The number of nitrogens with one attached hydrogen (secondary N) is 2. The molecule has 1 heterocycles. The van der Waals surface area contributed by atoms with Crippen molar-refractivity contribution in [3.05, 3.63) is 52.2 Å². The summed E-state index contributed by atoms with van der Waals surface area (Å²) in [7, 11) is 0. The van der Waals surface area contributed by atoms with E-state index in [1.54, 1.807) is 11.3 Å². The summed E-state index contributed by atoms with van der Waals surface area (Å²) in [6.07, 6.45) is 5.33. The molecule has 4 atom stereocenters. The lowest BCUT2D eigenvalue weighted by Gasteiger charge is -2.28. The first-order chi connectivity index (χ1) is 14.1. The maximum absolute atomic E-state index is 12.6. The molecular weight excluding hydrogens is 400 g/mol. The van der Waals surface area contributed by atoms with E-state index < -0.39 is 0 Å². The molecule has 2 aliphatic carbocycles. The van der Waals surface area contributed by atoms with Crippen LogP contribution in [0.15, 0.2) is 46.7 Å². The number of fused-ring (bicyclic) bond motifs is 2. The van der Waals surface area contributed by atoms with Crippen LogP contribution < -0.4 is 10.6 Å². The second kappa shape index (κ2) is 9.35. The quantitative estimate of drug-likeness (QED) is 0.599. The van der Waals surface area contributed by atoms with Crippen molar-refractivity contribution in [1.29, 1.82) is 0 Å². The minimum Gasteiger partial charge on any atom is -0.353 e. The van der Waals surface area contributed by atoms with Crippen LogP contribution in [-0.2, 0) is 11.3 Å². The van der Waals surface area contributed by atoms with E-state index in [2.05, 4.69) is 17.6 Å². The predicted molar refractivity (Wildman–Crippen MR) is 119 cm³/mol. The van der Waals surface area contributed by atoms with Gasteiger partial charge in [0.2, 0.25) is 5.91 Å². The Kier molecular flexibility index (Phi) is 6.60. The highest BCUT2D eigenvalue weighted by Crippen LogP contribution is 2.49. The van der Waals surface area contributed by atoms with Crippen molar-refractivity contribution >= 4 is 34.9 Å². The minimum atomic E-state index is -0.0998. The highest BCUT2D eigenvalue weighted by Gasteiger charge is 2.42. The lowest BCUT2D eigenvalue weighted by atomic mass is 9.84. The number of thiophene rings is 1. The summed E-state index contributed by atoms with van der Waals surface area (Å²) in [5.74, 6) is 2.61. The first kappa shape index (κ1) is 20.5. The van der Waals surface area contributed by atoms with Gasteiger partial charge in [0.15, 0.2) is 0 Å². The van der Waals surface area contributed by atoms with E-state index in [0.29, 0.717) is 23.8 Å². The van der Waals surface area contributed by atoms with E-state index in [1.807, 2.05) is 41.8 Å². The van der Waals surface area contributed by atoms with Gasteiger partial charge in [-0.1, -0.05) is 24.6 Å². The van der Waals surface area contributed by atoms with Crippen LogP contribution >= 0.6 is 23.1 Å². The van der Waals surface area contributed by atoms with E-state index in [9.17, 15) is 9.59 Å². The Morgan fingerprint density at radius 2 is 2.03 bits per heavy atom. The summed E-state index contributed by atoms with van der Waals surface area (Å²) in [6.45, 7) is 2.68. The van der Waals surface area contributed by atoms with Crippen LogP contribution in [0.1, 0.15) is 47.8 Å². The molecule has 2 fully saturated rings. The molecule has 4 nitrogen and oxygen atoms in total. The highest BCUT2D eigenvalue weighted by atomic mass is 32.2. The molecule has 2 amide bonds. The summed E-state index contributed by atoms with van der Waals surface area (Å²) in [5, 5.41) is 8.18. The number of thioether (sulfide) groups is 1. The number of hydrogen-bond donors (Lipinski definition) is 2. The second-order valence-corrected chi connectivity index (χ2v) is 10.3. The van der Waals surface area contributed by atoms with Gasteiger partial charge in [-0.05, 0) is 67.5 Å². The summed E-state index contributed by atoms with van der Waals surface area (Å²) >= 11 is 3.06. The number of benzene rings is 1. The van der Waals surface area contributed by atoms with Gasteiger partial charge < -0.3 is 10.6 Å². The molecule has 2 aliphatic rings. The zero-order chi connectivity index (χ0) is 20.2. The van der Waals surface area contributed by atoms with E-state index in [1.165, 1.54) is 37.4 Å². The van der Waals surface area contributed by atoms with E-state index in [0.717, 1.165) is 21.6 Å². The van der Waals surface area contributed by atoms with E-state index >= 15 is 0 Å². The Morgan fingerprint density at radius 3 is 2.76 bits per heavy atom. The molecule has 0 unspecified atom stereocenters. The van der Waals surface area contributed by atoms with Crippen LogP contribution in [0.2, 0.25) is 0 Å². The average molecular weight is 429 g/mol. The number of carbonyl (C=O) groups excluding carboxylic acids is 2. The summed E-state index contributed by atoms with van der Waals surface area (Å²) in [6, 6.07) is 11.7. The average Bonchev–Trinajstić information content (AvgIpc) is 3.49. The van der Waals surface area contributed by atoms with Gasteiger partial charge in [-0.15, -0.1) is 23.1 Å². The van der Waals surface area contributed by atoms with Gasteiger partial charge in [0.1, 0.15) is 0 Å². The van der Waals surface area contributed by atoms with Crippen molar-refractivity contribution in [2.45, 2.75) is 50.1 Å². The molecule has 0 radical (unpaired) electrons. The third-order valence-corrected chi connectivity index (χ3v) is 8.27. The fourth-order valence-electron chi connectivity index (χ4n) is 4.91. The SMILES string of the molecule is C[C@@H](NC(=O)CSc1ccccc1C(=O)NCc1cccs1)[C@H]1C[C@H]2CC[C@H]1C2.